The smallest absolute Gasteiger partial charge is 0.326 e. The zero-order valence-electron chi connectivity index (χ0n) is 23.2. The van der Waals surface area contributed by atoms with Crippen molar-refractivity contribution in [3.05, 3.63) is 87.2 Å². The van der Waals surface area contributed by atoms with Crippen molar-refractivity contribution in [3.63, 3.8) is 0 Å². The molecular weight excluding hydrogens is 697 g/mol. The zero-order chi connectivity index (χ0) is 34.5. The van der Waals surface area contributed by atoms with Gasteiger partial charge in [-0.25, -0.2) is 8.78 Å². The van der Waals surface area contributed by atoms with Gasteiger partial charge in [-0.05, 0) is 73.5 Å². The summed E-state index contributed by atoms with van der Waals surface area (Å²) in [6.07, 6.45) is -12.2. The van der Waals surface area contributed by atoms with E-state index in [0.29, 0.717) is 12.1 Å². The topological polar surface area (TPSA) is 87.3 Å². The van der Waals surface area contributed by atoms with Gasteiger partial charge in [0.15, 0.2) is 6.17 Å². The first-order chi connectivity index (χ1) is 21.1. The fraction of sp³-hybridized carbons (Fsp3) is 0.276. The van der Waals surface area contributed by atoms with Gasteiger partial charge in [-0.2, -0.15) is 26.3 Å². The molecule has 0 heterocycles. The number of rotatable bonds is 7. The maximum Gasteiger partial charge on any atom is 0.416 e. The Kier molecular flexibility index (Phi) is 9.60. The van der Waals surface area contributed by atoms with Crippen LogP contribution in [0.15, 0.2) is 48.5 Å². The highest BCUT2D eigenvalue weighted by Crippen LogP contribution is 2.65. The van der Waals surface area contributed by atoms with Crippen LogP contribution in [-0.4, -0.2) is 28.2 Å². The Morgan fingerprint density at radius 1 is 0.870 bits per heavy atom. The number of anilines is 3. The Balaban J connectivity index is 1.56. The van der Waals surface area contributed by atoms with E-state index in [2.05, 4.69) is 16.0 Å². The SMILES string of the molecule is Cc1c(NC(=O)c2cc(NC(=O)C3C(c4cc(C(F)(F)F)cc(C(F)(F)F)c4)C3(Cl)Cl)ccc2Cl)ccc(F)c1NC(=O)C(C)F. The molecule has 1 aliphatic rings. The zero-order valence-corrected chi connectivity index (χ0v) is 25.5. The monoisotopic (exact) mass is 715 g/mol. The molecule has 3 unspecified atom stereocenters. The van der Waals surface area contributed by atoms with Gasteiger partial charge in [-0.15, -0.1) is 23.2 Å². The number of halogens is 11. The Bertz CT molecular complexity index is 1700. The Morgan fingerprint density at radius 3 is 2.00 bits per heavy atom. The Morgan fingerprint density at radius 2 is 1.46 bits per heavy atom. The molecule has 246 valence electrons. The number of carbonyl (C=O) groups excluding carboxylic acids is 3. The maximum atomic E-state index is 14.3. The van der Waals surface area contributed by atoms with Gasteiger partial charge < -0.3 is 16.0 Å². The minimum absolute atomic E-state index is 0.00733. The van der Waals surface area contributed by atoms with Crippen LogP contribution in [-0.2, 0) is 21.9 Å². The fourth-order valence-corrected chi connectivity index (χ4v) is 5.63. The van der Waals surface area contributed by atoms with Crippen molar-refractivity contribution in [1.29, 1.82) is 0 Å². The molecule has 17 heteroatoms. The lowest BCUT2D eigenvalue weighted by Crippen LogP contribution is -2.23. The molecule has 6 nitrogen and oxygen atoms in total. The molecule has 1 aliphatic carbocycles. The summed E-state index contributed by atoms with van der Waals surface area (Å²) in [5.41, 5.74) is -4.42. The lowest BCUT2D eigenvalue weighted by molar-refractivity contribution is -0.143. The summed E-state index contributed by atoms with van der Waals surface area (Å²) in [5.74, 6) is -6.82. The van der Waals surface area contributed by atoms with Crippen molar-refractivity contribution in [2.45, 2.75) is 42.6 Å². The lowest BCUT2D eigenvalue weighted by Gasteiger charge is -2.15. The molecule has 3 amide bonds. The van der Waals surface area contributed by atoms with E-state index in [1.165, 1.54) is 25.1 Å². The summed E-state index contributed by atoms with van der Waals surface area (Å²) in [6.45, 7) is 2.29. The summed E-state index contributed by atoms with van der Waals surface area (Å²) in [7, 11) is 0. The summed E-state index contributed by atoms with van der Waals surface area (Å²) >= 11 is 18.5. The first kappa shape index (κ1) is 35.2. The molecule has 0 spiro atoms. The van der Waals surface area contributed by atoms with E-state index in [-0.39, 0.29) is 39.3 Å². The van der Waals surface area contributed by atoms with E-state index >= 15 is 0 Å². The molecule has 4 rings (SSSR count). The number of carbonyl (C=O) groups is 3. The Hall–Kier alpha value is -3.62. The largest absolute Gasteiger partial charge is 0.416 e. The molecule has 3 N–H and O–H groups in total. The van der Waals surface area contributed by atoms with Gasteiger partial charge in [-0.3, -0.25) is 14.4 Å². The molecule has 0 aromatic heterocycles. The predicted octanol–water partition coefficient (Wildman–Crippen LogP) is 8.90. The normalized spacial score (nSPS) is 18.0. The molecule has 3 aromatic carbocycles. The highest BCUT2D eigenvalue weighted by atomic mass is 35.5. The third kappa shape index (κ3) is 7.34. The van der Waals surface area contributed by atoms with E-state index in [1.54, 1.807) is 0 Å². The van der Waals surface area contributed by atoms with Crippen molar-refractivity contribution in [1.82, 2.24) is 0 Å². The van der Waals surface area contributed by atoms with Crippen LogP contribution in [0.1, 0.15) is 45.5 Å². The van der Waals surface area contributed by atoms with E-state index in [9.17, 15) is 49.5 Å². The lowest BCUT2D eigenvalue weighted by atomic mass is 10.0. The number of hydrogen-bond donors (Lipinski definition) is 3. The molecule has 0 radical (unpaired) electrons. The molecule has 1 saturated carbocycles. The Labute approximate surface area is 270 Å². The molecule has 0 saturated heterocycles. The van der Waals surface area contributed by atoms with Crippen LogP contribution in [0.25, 0.3) is 0 Å². The number of amides is 3. The van der Waals surface area contributed by atoms with Gasteiger partial charge in [0, 0.05) is 17.3 Å². The van der Waals surface area contributed by atoms with Crippen molar-refractivity contribution in [3.8, 4) is 0 Å². The van der Waals surface area contributed by atoms with Gasteiger partial charge in [0.25, 0.3) is 11.8 Å². The third-order valence-electron chi connectivity index (χ3n) is 7.06. The van der Waals surface area contributed by atoms with Gasteiger partial charge in [-0.1, -0.05) is 11.6 Å². The third-order valence-corrected chi connectivity index (χ3v) is 8.33. The van der Waals surface area contributed by atoms with Gasteiger partial charge in [0.05, 0.1) is 33.3 Å². The first-order valence-corrected chi connectivity index (χ1v) is 14.1. The van der Waals surface area contributed by atoms with Crippen LogP contribution < -0.4 is 16.0 Å². The number of nitrogens with one attached hydrogen (secondary N) is 3. The van der Waals surface area contributed by atoms with Crippen molar-refractivity contribution in [2.75, 3.05) is 16.0 Å². The summed E-state index contributed by atoms with van der Waals surface area (Å²) in [4.78, 5) is 37.9. The maximum absolute atomic E-state index is 14.3. The van der Waals surface area contributed by atoms with Crippen LogP contribution in [0.4, 0.5) is 52.2 Å². The molecule has 3 atom stereocenters. The molecule has 0 bridgehead atoms. The molecule has 0 aliphatic heterocycles. The van der Waals surface area contributed by atoms with Gasteiger partial charge in [0.2, 0.25) is 5.91 Å². The minimum Gasteiger partial charge on any atom is -0.326 e. The van der Waals surface area contributed by atoms with E-state index in [4.69, 9.17) is 34.8 Å². The van der Waals surface area contributed by atoms with E-state index in [1.807, 2.05) is 0 Å². The minimum atomic E-state index is -5.14. The van der Waals surface area contributed by atoms with Crippen LogP contribution in [0.3, 0.4) is 0 Å². The summed E-state index contributed by atoms with van der Waals surface area (Å²) in [6, 6.07) is 6.45. The highest BCUT2D eigenvalue weighted by molar-refractivity contribution is 6.53. The van der Waals surface area contributed by atoms with Crippen LogP contribution >= 0.6 is 34.8 Å². The fourth-order valence-electron chi connectivity index (χ4n) is 4.60. The average molecular weight is 717 g/mol. The van der Waals surface area contributed by atoms with Crippen molar-refractivity contribution >= 4 is 69.6 Å². The quantitative estimate of drug-likeness (QED) is 0.169. The highest BCUT2D eigenvalue weighted by Gasteiger charge is 2.68. The van der Waals surface area contributed by atoms with Gasteiger partial charge in [0.1, 0.15) is 10.2 Å². The number of benzene rings is 3. The van der Waals surface area contributed by atoms with E-state index in [0.717, 1.165) is 19.1 Å². The standard InChI is InChI=1S/C29H20Cl3F8N3O3/c1-11-20(6-5-19(34)23(11)43-24(44)12(2)33)42-25(45)17-10-16(3-4-18(17)30)41-26(46)22-21(27(22,31)32)13-7-14(28(35,36)37)9-15(8-13)29(38,39)40/h3-10,12,21-22H,1-2H3,(H,41,46)(H,42,45)(H,43,44). The molecule has 46 heavy (non-hydrogen) atoms. The molecular formula is C29H20Cl3F8N3O3. The summed E-state index contributed by atoms with van der Waals surface area (Å²) < 4.78 is 106. The molecule has 3 aromatic rings. The second-order valence-electron chi connectivity index (χ2n) is 10.3. The van der Waals surface area contributed by atoms with Crippen molar-refractivity contribution in [2.24, 2.45) is 5.92 Å². The van der Waals surface area contributed by atoms with E-state index < -0.39 is 74.9 Å². The number of alkyl halides is 9. The van der Waals surface area contributed by atoms with Crippen molar-refractivity contribution < 1.29 is 49.5 Å². The van der Waals surface area contributed by atoms with Crippen LogP contribution in [0.2, 0.25) is 5.02 Å². The van der Waals surface area contributed by atoms with Crippen LogP contribution in [0, 0.1) is 18.7 Å². The second-order valence-corrected chi connectivity index (χ2v) is 12.2. The average Bonchev–Trinajstić information content (AvgIpc) is 3.53. The second kappa shape index (κ2) is 12.5. The van der Waals surface area contributed by atoms with Gasteiger partial charge >= 0.3 is 12.4 Å². The van der Waals surface area contributed by atoms with Crippen LogP contribution in [0.5, 0.6) is 0 Å². The predicted molar refractivity (Wildman–Crippen MR) is 155 cm³/mol. The molecule has 1 fully saturated rings. The first-order valence-electron chi connectivity index (χ1n) is 13.0. The summed E-state index contributed by atoms with van der Waals surface area (Å²) in [5, 5.41) is 6.80. The number of hydrogen-bond acceptors (Lipinski definition) is 3.